The van der Waals surface area contributed by atoms with Crippen molar-refractivity contribution < 1.29 is 4.74 Å². The van der Waals surface area contributed by atoms with Gasteiger partial charge >= 0.3 is 0 Å². The van der Waals surface area contributed by atoms with Gasteiger partial charge < -0.3 is 20.3 Å². The molecule has 0 saturated heterocycles. The monoisotopic (exact) mass is 362 g/mol. The fraction of sp³-hybridized carbons (Fsp3) is 0.667. The molecule has 0 aliphatic heterocycles. The maximum Gasteiger partial charge on any atom is 0.191 e. The molecular formula is C21H38N4O. The molecule has 0 saturated carbocycles. The lowest BCUT2D eigenvalue weighted by Crippen LogP contribution is -2.42. The zero-order valence-corrected chi connectivity index (χ0v) is 17.1. The molecule has 1 aromatic rings. The molecule has 26 heavy (non-hydrogen) atoms. The zero-order chi connectivity index (χ0) is 19.0. The van der Waals surface area contributed by atoms with Crippen molar-refractivity contribution in [2.45, 2.75) is 53.2 Å². The minimum absolute atomic E-state index is 0.411. The molecule has 0 fully saturated rings. The molecule has 0 radical (unpaired) electrons. The van der Waals surface area contributed by atoms with Gasteiger partial charge in [-0.25, -0.2) is 0 Å². The lowest BCUT2D eigenvalue weighted by molar-refractivity contribution is 0.128. The lowest BCUT2D eigenvalue weighted by Gasteiger charge is -2.21. The third kappa shape index (κ3) is 10.4. The smallest absolute Gasteiger partial charge is 0.191 e. The fourth-order valence-electron chi connectivity index (χ4n) is 2.77. The van der Waals surface area contributed by atoms with Crippen molar-refractivity contribution in [2.75, 3.05) is 39.3 Å². The van der Waals surface area contributed by atoms with Gasteiger partial charge in [0, 0.05) is 12.6 Å². The molecule has 0 aromatic heterocycles. The minimum atomic E-state index is 0.411. The van der Waals surface area contributed by atoms with Crippen molar-refractivity contribution in [3.05, 3.63) is 35.9 Å². The number of benzene rings is 1. The summed E-state index contributed by atoms with van der Waals surface area (Å²) in [5.74, 6) is 0.881. The zero-order valence-electron chi connectivity index (χ0n) is 17.1. The summed E-state index contributed by atoms with van der Waals surface area (Å²) in [7, 11) is 0. The Morgan fingerprint density at radius 1 is 1.15 bits per heavy atom. The number of rotatable bonds is 13. The van der Waals surface area contributed by atoms with E-state index in [0.717, 1.165) is 32.0 Å². The van der Waals surface area contributed by atoms with Crippen molar-refractivity contribution in [1.29, 1.82) is 0 Å². The van der Waals surface area contributed by atoms with Crippen LogP contribution in [0.1, 0.15) is 46.1 Å². The third-order valence-corrected chi connectivity index (χ3v) is 4.35. The highest BCUT2D eigenvalue weighted by atomic mass is 16.5. The van der Waals surface area contributed by atoms with E-state index in [1.54, 1.807) is 0 Å². The van der Waals surface area contributed by atoms with Crippen LogP contribution in [0.15, 0.2) is 35.3 Å². The molecule has 0 aliphatic rings. The number of guanidine groups is 1. The second-order valence-corrected chi connectivity index (χ2v) is 6.51. The van der Waals surface area contributed by atoms with Crippen molar-refractivity contribution in [3.63, 3.8) is 0 Å². The van der Waals surface area contributed by atoms with Crippen molar-refractivity contribution in [1.82, 2.24) is 15.5 Å². The Bertz CT molecular complexity index is 474. The Hall–Kier alpha value is -1.59. The Balaban J connectivity index is 2.26. The van der Waals surface area contributed by atoms with Gasteiger partial charge in [0.25, 0.3) is 0 Å². The van der Waals surface area contributed by atoms with Crippen LogP contribution in [0, 0.1) is 0 Å². The summed E-state index contributed by atoms with van der Waals surface area (Å²) in [5.41, 5.74) is 1.20. The maximum atomic E-state index is 5.70. The maximum absolute atomic E-state index is 5.70. The first-order valence-electron chi connectivity index (χ1n) is 10.1. The highest BCUT2D eigenvalue weighted by molar-refractivity contribution is 5.80. The van der Waals surface area contributed by atoms with Crippen molar-refractivity contribution in [3.8, 4) is 0 Å². The Morgan fingerprint density at radius 2 is 1.88 bits per heavy atom. The van der Waals surface area contributed by atoms with Crippen LogP contribution in [0.3, 0.4) is 0 Å². The summed E-state index contributed by atoms with van der Waals surface area (Å²) in [6.45, 7) is 15.0. The summed E-state index contributed by atoms with van der Waals surface area (Å²) in [5, 5.41) is 6.82. The van der Waals surface area contributed by atoms with E-state index in [4.69, 9.17) is 4.74 Å². The first kappa shape index (κ1) is 22.5. The summed E-state index contributed by atoms with van der Waals surface area (Å²) in [6, 6.07) is 10.7. The van der Waals surface area contributed by atoms with Crippen LogP contribution in [-0.2, 0) is 11.3 Å². The van der Waals surface area contributed by atoms with Crippen LogP contribution in [0.2, 0.25) is 0 Å². The van der Waals surface area contributed by atoms with Gasteiger partial charge in [-0.2, -0.15) is 0 Å². The van der Waals surface area contributed by atoms with Gasteiger partial charge in [-0.1, -0.05) is 44.2 Å². The highest BCUT2D eigenvalue weighted by Gasteiger charge is 2.06. The molecule has 0 spiro atoms. The topological polar surface area (TPSA) is 48.9 Å². The normalized spacial score (nSPS) is 13.0. The second-order valence-electron chi connectivity index (χ2n) is 6.51. The van der Waals surface area contributed by atoms with Crippen LogP contribution in [0.4, 0.5) is 0 Å². The SMILES string of the molecule is CCNC(=NCCOCc1ccccc1)NC(C)CCCN(CC)CC. The van der Waals surface area contributed by atoms with Crippen LogP contribution in [0.25, 0.3) is 0 Å². The molecule has 1 aromatic carbocycles. The van der Waals surface area contributed by atoms with Crippen molar-refractivity contribution >= 4 is 5.96 Å². The molecule has 5 nitrogen and oxygen atoms in total. The van der Waals surface area contributed by atoms with E-state index in [1.165, 1.54) is 18.5 Å². The number of ether oxygens (including phenoxy) is 1. The Morgan fingerprint density at radius 3 is 2.54 bits per heavy atom. The molecule has 5 heteroatoms. The molecule has 1 unspecified atom stereocenters. The first-order chi connectivity index (χ1) is 12.7. The highest BCUT2D eigenvalue weighted by Crippen LogP contribution is 2.01. The number of nitrogens with zero attached hydrogens (tertiary/aromatic N) is 2. The number of nitrogens with one attached hydrogen (secondary N) is 2. The minimum Gasteiger partial charge on any atom is -0.375 e. The summed E-state index contributed by atoms with van der Waals surface area (Å²) in [6.07, 6.45) is 2.35. The predicted molar refractivity (Wildman–Crippen MR) is 112 cm³/mol. The second kappa shape index (κ2) is 14.6. The molecule has 1 rings (SSSR count). The Kier molecular flexibility index (Phi) is 12.6. The summed E-state index contributed by atoms with van der Waals surface area (Å²) >= 11 is 0. The molecule has 2 N–H and O–H groups in total. The molecule has 148 valence electrons. The van der Waals surface area contributed by atoms with Gasteiger partial charge in [0.05, 0.1) is 19.8 Å². The van der Waals surface area contributed by atoms with E-state index in [9.17, 15) is 0 Å². The van der Waals surface area contributed by atoms with Gasteiger partial charge in [0.15, 0.2) is 5.96 Å². The van der Waals surface area contributed by atoms with E-state index < -0.39 is 0 Å². The largest absolute Gasteiger partial charge is 0.375 e. The van der Waals surface area contributed by atoms with Crippen LogP contribution >= 0.6 is 0 Å². The van der Waals surface area contributed by atoms with E-state index in [0.29, 0.717) is 25.8 Å². The van der Waals surface area contributed by atoms with E-state index in [-0.39, 0.29) is 0 Å². The molecule has 0 amide bonds. The predicted octanol–water partition coefficient (Wildman–Crippen LogP) is 3.27. The number of hydrogen-bond acceptors (Lipinski definition) is 3. The first-order valence-corrected chi connectivity index (χ1v) is 10.1. The van der Waals surface area contributed by atoms with Crippen molar-refractivity contribution in [2.24, 2.45) is 4.99 Å². The van der Waals surface area contributed by atoms with E-state index in [1.807, 2.05) is 18.2 Å². The summed E-state index contributed by atoms with van der Waals surface area (Å²) < 4.78 is 5.70. The third-order valence-electron chi connectivity index (χ3n) is 4.35. The number of aliphatic imine (C=N–C) groups is 1. The van der Waals surface area contributed by atoms with Gasteiger partial charge in [-0.15, -0.1) is 0 Å². The van der Waals surface area contributed by atoms with E-state index in [2.05, 4.69) is 60.4 Å². The van der Waals surface area contributed by atoms with Gasteiger partial charge in [-0.05, 0) is 51.9 Å². The average Bonchev–Trinajstić information content (AvgIpc) is 2.66. The lowest BCUT2D eigenvalue weighted by atomic mass is 10.2. The van der Waals surface area contributed by atoms with Gasteiger partial charge in [0.2, 0.25) is 0 Å². The molecule has 0 heterocycles. The number of hydrogen-bond donors (Lipinski definition) is 2. The van der Waals surface area contributed by atoms with E-state index >= 15 is 0 Å². The van der Waals surface area contributed by atoms with Gasteiger partial charge in [0.1, 0.15) is 0 Å². The van der Waals surface area contributed by atoms with Gasteiger partial charge in [-0.3, -0.25) is 4.99 Å². The molecule has 0 bridgehead atoms. The van der Waals surface area contributed by atoms with Crippen LogP contribution < -0.4 is 10.6 Å². The molecule has 0 aliphatic carbocycles. The average molecular weight is 363 g/mol. The summed E-state index contributed by atoms with van der Waals surface area (Å²) in [4.78, 5) is 7.09. The van der Waals surface area contributed by atoms with Crippen LogP contribution in [-0.4, -0.2) is 56.2 Å². The molecular weight excluding hydrogens is 324 g/mol. The standard InChI is InChI=1S/C21H38N4O/c1-5-22-21(24-19(4)12-11-16-25(6-2)7-3)23-15-17-26-18-20-13-9-8-10-14-20/h8-10,13-14,19H,5-7,11-12,15-18H2,1-4H3,(H2,22,23,24). The Labute approximate surface area is 160 Å². The molecule has 1 atom stereocenters. The fourth-order valence-corrected chi connectivity index (χ4v) is 2.77. The van der Waals surface area contributed by atoms with Crippen LogP contribution in [0.5, 0.6) is 0 Å². The quantitative estimate of drug-likeness (QED) is 0.321.